The quantitative estimate of drug-likeness (QED) is 0.575. The van der Waals surface area contributed by atoms with Crippen molar-refractivity contribution in [1.82, 2.24) is 0 Å². The van der Waals surface area contributed by atoms with Gasteiger partial charge in [0.2, 0.25) is 0 Å². The predicted octanol–water partition coefficient (Wildman–Crippen LogP) is 5.59. The first kappa shape index (κ1) is 20.3. The summed E-state index contributed by atoms with van der Waals surface area (Å²) in [5, 5.41) is 20.0. The smallest absolute Gasteiger partial charge is 0.131 e. The Morgan fingerprint density at radius 2 is 1.85 bits per heavy atom. The van der Waals surface area contributed by atoms with Crippen LogP contribution in [0.4, 0.5) is 0 Å². The van der Waals surface area contributed by atoms with Gasteiger partial charge < -0.3 is 14.9 Å². The zero-order valence-corrected chi connectivity index (χ0v) is 16.5. The number of hydrogen-bond acceptors (Lipinski definition) is 3. The molecule has 26 heavy (non-hydrogen) atoms. The maximum Gasteiger partial charge on any atom is 0.131 e. The lowest BCUT2D eigenvalue weighted by molar-refractivity contribution is 0.201. The van der Waals surface area contributed by atoms with Crippen molar-refractivity contribution >= 4 is 0 Å². The second-order valence-electron chi connectivity index (χ2n) is 7.26. The van der Waals surface area contributed by atoms with Gasteiger partial charge in [0.15, 0.2) is 0 Å². The third-order valence-electron chi connectivity index (χ3n) is 4.66. The predicted molar refractivity (Wildman–Crippen MR) is 108 cm³/mol. The van der Waals surface area contributed by atoms with Gasteiger partial charge in [0, 0.05) is 0 Å². The van der Waals surface area contributed by atoms with Crippen LogP contribution < -0.4 is 4.74 Å². The second kappa shape index (κ2) is 9.63. The van der Waals surface area contributed by atoms with Gasteiger partial charge in [-0.2, -0.15) is 0 Å². The maximum atomic E-state index is 10.8. The Hall–Kier alpha value is -2.00. The molecular formula is C23H32O3. The highest BCUT2D eigenvalue weighted by Gasteiger charge is 2.18. The zero-order chi connectivity index (χ0) is 19.1. The number of rotatable bonds is 9. The summed E-state index contributed by atoms with van der Waals surface area (Å²) in [4.78, 5) is 0. The summed E-state index contributed by atoms with van der Waals surface area (Å²) >= 11 is 0. The molecule has 0 spiro atoms. The lowest BCUT2D eigenvalue weighted by Crippen LogP contribution is -2.05. The van der Waals surface area contributed by atoms with Crippen LogP contribution in [-0.2, 0) is 6.42 Å². The van der Waals surface area contributed by atoms with E-state index in [0.29, 0.717) is 11.7 Å². The summed E-state index contributed by atoms with van der Waals surface area (Å²) in [5.41, 5.74) is 5.13. The Morgan fingerprint density at radius 3 is 2.50 bits per heavy atom. The molecule has 142 valence electrons. The number of benzene rings is 2. The van der Waals surface area contributed by atoms with Crippen LogP contribution in [0, 0.1) is 6.92 Å². The summed E-state index contributed by atoms with van der Waals surface area (Å²) in [6.07, 6.45) is 4.35. The molecule has 3 heteroatoms. The van der Waals surface area contributed by atoms with Gasteiger partial charge in [0.25, 0.3) is 0 Å². The van der Waals surface area contributed by atoms with Crippen LogP contribution in [0.3, 0.4) is 0 Å². The molecule has 2 aromatic carbocycles. The lowest BCUT2D eigenvalue weighted by Gasteiger charge is -2.19. The molecule has 0 aliphatic heterocycles. The summed E-state index contributed by atoms with van der Waals surface area (Å²) < 4.78 is 5.83. The minimum atomic E-state index is -0.0505. The number of aliphatic hydroxyl groups excluding tert-OH is 1. The largest absolute Gasteiger partial charge is 0.507 e. The van der Waals surface area contributed by atoms with Gasteiger partial charge in [-0.15, -0.1) is 0 Å². The summed E-state index contributed by atoms with van der Waals surface area (Å²) in [5.74, 6) is 1.23. The molecule has 0 aliphatic rings. The van der Waals surface area contributed by atoms with E-state index in [0.717, 1.165) is 35.1 Å². The van der Waals surface area contributed by atoms with E-state index in [4.69, 9.17) is 4.74 Å². The normalized spacial score (nSPS) is 11.2. The fourth-order valence-electron chi connectivity index (χ4n) is 3.31. The highest BCUT2D eigenvalue weighted by molar-refractivity contribution is 5.80. The Labute approximate surface area is 157 Å². The Kier molecular flexibility index (Phi) is 7.52. The fourth-order valence-corrected chi connectivity index (χ4v) is 3.31. The van der Waals surface area contributed by atoms with E-state index in [2.05, 4.69) is 45.9 Å². The fraction of sp³-hybridized carbons (Fsp3) is 0.478. The van der Waals surface area contributed by atoms with E-state index in [1.165, 1.54) is 18.4 Å². The van der Waals surface area contributed by atoms with Crippen LogP contribution in [0.25, 0.3) is 11.1 Å². The standard InChI is InChI=1S/C23H32O3/c1-5-6-7-8-18-14-21(25)23(22(15-18)26-12-11-24)20-13-17(4)9-10-19(20)16(2)3/h9-10,13-16,24-25H,5-8,11-12H2,1-4H3. The van der Waals surface area contributed by atoms with E-state index in [-0.39, 0.29) is 19.0 Å². The van der Waals surface area contributed by atoms with Crippen molar-refractivity contribution in [3.63, 3.8) is 0 Å². The van der Waals surface area contributed by atoms with E-state index < -0.39 is 0 Å². The zero-order valence-electron chi connectivity index (χ0n) is 16.5. The molecule has 0 amide bonds. The number of unbranched alkanes of at least 4 members (excludes halogenated alkanes) is 2. The number of hydrogen-bond donors (Lipinski definition) is 2. The number of ether oxygens (including phenoxy) is 1. The van der Waals surface area contributed by atoms with Crippen LogP contribution >= 0.6 is 0 Å². The van der Waals surface area contributed by atoms with Gasteiger partial charge in [-0.3, -0.25) is 0 Å². The molecule has 0 saturated heterocycles. The van der Waals surface area contributed by atoms with Crippen molar-refractivity contribution in [2.75, 3.05) is 13.2 Å². The minimum Gasteiger partial charge on any atom is -0.507 e. The first-order chi connectivity index (χ1) is 12.5. The Morgan fingerprint density at radius 1 is 1.08 bits per heavy atom. The van der Waals surface area contributed by atoms with Crippen molar-refractivity contribution in [3.8, 4) is 22.6 Å². The van der Waals surface area contributed by atoms with Crippen molar-refractivity contribution in [3.05, 3.63) is 47.0 Å². The monoisotopic (exact) mass is 356 g/mol. The molecule has 0 saturated carbocycles. The molecule has 2 aromatic rings. The highest BCUT2D eigenvalue weighted by Crippen LogP contribution is 2.43. The van der Waals surface area contributed by atoms with Crippen LogP contribution in [0.15, 0.2) is 30.3 Å². The van der Waals surface area contributed by atoms with Gasteiger partial charge >= 0.3 is 0 Å². The SMILES string of the molecule is CCCCCc1cc(O)c(-c2cc(C)ccc2C(C)C)c(OCCO)c1. The molecule has 0 bridgehead atoms. The van der Waals surface area contributed by atoms with Gasteiger partial charge in [-0.05, 0) is 54.5 Å². The highest BCUT2D eigenvalue weighted by atomic mass is 16.5. The molecule has 0 atom stereocenters. The molecule has 3 nitrogen and oxygen atoms in total. The number of phenolic OH excluding ortho intramolecular Hbond substituents is 1. The molecule has 0 heterocycles. The van der Waals surface area contributed by atoms with E-state index in [1.807, 2.05) is 12.1 Å². The first-order valence-electron chi connectivity index (χ1n) is 9.68. The minimum absolute atomic E-state index is 0.0505. The van der Waals surface area contributed by atoms with Crippen LogP contribution in [-0.4, -0.2) is 23.4 Å². The average Bonchev–Trinajstić information content (AvgIpc) is 2.59. The van der Waals surface area contributed by atoms with Crippen molar-refractivity contribution in [2.45, 2.75) is 59.3 Å². The average molecular weight is 357 g/mol. The lowest BCUT2D eigenvalue weighted by atomic mass is 9.89. The van der Waals surface area contributed by atoms with Crippen molar-refractivity contribution in [2.24, 2.45) is 0 Å². The molecule has 0 aromatic heterocycles. The summed E-state index contributed by atoms with van der Waals surface area (Å²) in [7, 11) is 0. The van der Waals surface area contributed by atoms with E-state index in [9.17, 15) is 10.2 Å². The molecule has 0 radical (unpaired) electrons. The third kappa shape index (κ3) is 5.01. The Bertz CT molecular complexity index is 720. The summed E-state index contributed by atoms with van der Waals surface area (Å²) in [6.45, 7) is 8.70. The molecule has 0 aliphatic carbocycles. The van der Waals surface area contributed by atoms with E-state index in [1.54, 1.807) is 0 Å². The topological polar surface area (TPSA) is 49.7 Å². The van der Waals surface area contributed by atoms with Gasteiger partial charge in [-0.25, -0.2) is 0 Å². The third-order valence-corrected chi connectivity index (χ3v) is 4.66. The van der Waals surface area contributed by atoms with Gasteiger partial charge in [-0.1, -0.05) is 57.4 Å². The molecule has 2 rings (SSSR count). The maximum absolute atomic E-state index is 10.8. The molecular weight excluding hydrogens is 324 g/mol. The van der Waals surface area contributed by atoms with Gasteiger partial charge in [0.1, 0.15) is 18.1 Å². The second-order valence-corrected chi connectivity index (χ2v) is 7.26. The number of aromatic hydroxyl groups is 1. The van der Waals surface area contributed by atoms with E-state index >= 15 is 0 Å². The number of aliphatic hydroxyl groups is 1. The number of phenols is 1. The van der Waals surface area contributed by atoms with Crippen LogP contribution in [0.5, 0.6) is 11.5 Å². The van der Waals surface area contributed by atoms with Crippen LogP contribution in [0.2, 0.25) is 0 Å². The molecule has 2 N–H and O–H groups in total. The Balaban J connectivity index is 2.54. The first-order valence-corrected chi connectivity index (χ1v) is 9.68. The number of aryl methyl sites for hydroxylation is 2. The molecule has 0 fully saturated rings. The van der Waals surface area contributed by atoms with Crippen molar-refractivity contribution < 1.29 is 14.9 Å². The van der Waals surface area contributed by atoms with Crippen molar-refractivity contribution in [1.29, 1.82) is 0 Å². The molecule has 0 unspecified atom stereocenters. The summed E-state index contributed by atoms with van der Waals surface area (Å²) in [6, 6.07) is 10.2. The van der Waals surface area contributed by atoms with Gasteiger partial charge in [0.05, 0.1) is 12.2 Å². The van der Waals surface area contributed by atoms with Crippen LogP contribution in [0.1, 0.15) is 62.6 Å².